The molecule has 0 aliphatic heterocycles. The highest BCUT2D eigenvalue weighted by Gasteiger charge is 1.99. The summed E-state index contributed by atoms with van der Waals surface area (Å²) in [4.78, 5) is 8.59. The van der Waals surface area contributed by atoms with Crippen LogP contribution in [0.15, 0.2) is 42.7 Å². The van der Waals surface area contributed by atoms with Crippen molar-refractivity contribution in [3.8, 4) is 5.75 Å². The molecule has 100 valence electrons. The summed E-state index contributed by atoms with van der Waals surface area (Å²) in [5.41, 5.74) is 1.09. The van der Waals surface area contributed by atoms with E-state index in [-0.39, 0.29) is 0 Å². The Hall–Kier alpha value is -1.94. The molecule has 0 unspecified atom stereocenters. The van der Waals surface area contributed by atoms with E-state index in [1.807, 2.05) is 42.7 Å². The standard InChI is InChI=1S/C15H19N3O/c1-2-8-16-9-13-10-17-15(18-11-13)12-19-14-6-4-3-5-7-14/h3-7,10-11,16H,2,8-9,12H2,1H3. The van der Waals surface area contributed by atoms with Gasteiger partial charge in [-0.2, -0.15) is 0 Å². The van der Waals surface area contributed by atoms with Crippen molar-refractivity contribution in [2.45, 2.75) is 26.5 Å². The largest absolute Gasteiger partial charge is 0.486 e. The third-order valence-electron chi connectivity index (χ3n) is 2.63. The fraction of sp³-hybridized carbons (Fsp3) is 0.333. The summed E-state index contributed by atoms with van der Waals surface area (Å²) in [5, 5.41) is 3.32. The lowest BCUT2D eigenvalue weighted by Gasteiger charge is -2.06. The fourth-order valence-electron chi connectivity index (χ4n) is 1.62. The molecular weight excluding hydrogens is 238 g/mol. The van der Waals surface area contributed by atoms with E-state index in [9.17, 15) is 0 Å². The van der Waals surface area contributed by atoms with Crippen molar-refractivity contribution < 1.29 is 4.74 Å². The molecule has 1 heterocycles. The number of para-hydroxylation sites is 1. The van der Waals surface area contributed by atoms with E-state index in [0.29, 0.717) is 12.4 Å². The lowest BCUT2D eigenvalue weighted by molar-refractivity contribution is 0.295. The van der Waals surface area contributed by atoms with Crippen LogP contribution in [0.25, 0.3) is 0 Å². The Kier molecular flexibility index (Phi) is 5.31. The summed E-state index contributed by atoms with van der Waals surface area (Å²) in [6.45, 7) is 4.37. The van der Waals surface area contributed by atoms with Gasteiger partial charge >= 0.3 is 0 Å². The number of nitrogens with one attached hydrogen (secondary N) is 1. The molecule has 0 atom stereocenters. The van der Waals surface area contributed by atoms with Gasteiger partial charge in [-0.15, -0.1) is 0 Å². The quantitative estimate of drug-likeness (QED) is 0.774. The van der Waals surface area contributed by atoms with E-state index in [1.54, 1.807) is 0 Å². The maximum atomic E-state index is 5.59. The van der Waals surface area contributed by atoms with Crippen molar-refractivity contribution in [2.75, 3.05) is 6.54 Å². The zero-order chi connectivity index (χ0) is 13.3. The average Bonchev–Trinajstić information content (AvgIpc) is 2.48. The molecule has 0 aliphatic carbocycles. The smallest absolute Gasteiger partial charge is 0.166 e. The number of ether oxygens (including phenoxy) is 1. The molecule has 0 spiro atoms. The zero-order valence-electron chi connectivity index (χ0n) is 11.2. The van der Waals surface area contributed by atoms with Crippen molar-refractivity contribution >= 4 is 0 Å². The first-order chi connectivity index (χ1) is 9.38. The Morgan fingerprint density at radius 2 is 1.84 bits per heavy atom. The van der Waals surface area contributed by atoms with Crippen molar-refractivity contribution in [1.29, 1.82) is 0 Å². The van der Waals surface area contributed by atoms with Gasteiger partial charge in [-0.05, 0) is 25.1 Å². The van der Waals surface area contributed by atoms with Crippen LogP contribution in [0.5, 0.6) is 5.75 Å². The van der Waals surface area contributed by atoms with Crippen LogP contribution in [0.1, 0.15) is 24.7 Å². The van der Waals surface area contributed by atoms with Gasteiger partial charge in [0.2, 0.25) is 0 Å². The minimum absolute atomic E-state index is 0.396. The van der Waals surface area contributed by atoms with Crippen molar-refractivity contribution in [2.24, 2.45) is 0 Å². The first-order valence-corrected chi connectivity index (χ1v) is 6.57. The zero-order valence-corrected chi connectivity index (χ0v) is 11.2. The highest BCUT2D eigenvalue weighted by Crippen LogP contribution is 2.09. The lowest BCUT2D eigenvalue weighted by atomic mass is 10.3. The van der Waals surface area contributed by atoms with Crippen molar-refractivity contribution in [1.82, 2.24) is 15.3 Å². The minimum atomic E-state index is 0.396. The van der Waals surface area contributed by atoms with Crippen LogP contribution in [-0.2, 0) is 13.2 Å². The minimum Gasteiger partial charge on any atom is -0.486 e. The van der Waals surface area contributed by atoms with E-state index in [0.717, 1.165) is 30.8 Å². The molecule has 19 heavy (non-hydrogen) atoms. The highest BCUT2D eigenvalue weighted by atomic mass is 16.5. The van der Waals surface area contributed by atoms with Crippen LogP contribution in [0.2, 0.25) is 0 Å². The number of aromatic nitrogens is 2. The molecule has 4 heteroatoms. The van der Waals surface area contributed by atoms with E-state index < -0.39 is 0 Å². The normalized spacial score (nSPS) is 10.4. The SMILES string of the molecule is CCCNCc1cnc(COc2ccccc2)nc1. The van der Waals surface area contributed by atoms with E-state index in [1.165, 1.54) is 0 Å². The molecule has 1 N–H and O–H groups in total. The number of rotatable bonds is 7. The van der Waals surface area contributed by atoms with Gasteiger partial charge in [-0.3, -0.25) is 0 Å². The van der Waals surface area contributed by atoms with Crippen LogP contribution in [0.4, 0.5) is 0 Å². The molecule has 0 bridgehead atoms. The molecule has 4 nitrogen and oxygen atoms in total. The Bertz CT molecular complexity index is 471. The van der Waals surface area contributed by atoms with Gasteiger partial charge < -0.3 is 10.1 Å². The number of nitrogens with zero attached hydrogens (tertiary/aromatic N) is 2. The number of benzene rings is 1. The Labute approximate surface area is 113 Å². The summed E-state index contributed by atoms with van der Waals surface area (Å²) in [6.07, 6.45) is 4.82. The van der Waals surface area contributed by atoms with Gasteiger partial charge in [0, 0.05) is 24.5 Å². The predicted octanol–water partition coefficient (Wildman–Crippen LogP) is 2.56. The fourth-order valence-corrected chi connectivity index (χ4v) is 1.62. The Balaban J connectivity index is 1.81. The monoisotopic (exact) mass is 257 g/mol. The molecule has 2 aromatic rings. The first-order valence-electron chi connectivity index (χ1n) is 6.57. The summed E-state index contributed by atoms with van der Waals surface area (Å²) >= 11 is 0. The van der Waals surface area contributed by atoms with Crippen LogP contribution in [-0.4, -0.2) is 16.5 Å². The van der Waals surface area contributed by atoms with Crippen LogP contribution < -0.4 is 10.1 Å². The van der Waals surface area contributed by atoms with Crippen LogP contribution in [0, 0.1) is 0 Å². The molecule has 0 saturated carbocycles. The second-order valence-electron chi connectivity index (χ2n) is 4.29. The average molecular weight is 257 g/mol. The van der Waals surface area contributed by atoms with Gasteiger partial charge in [-0.25, -0.2) is 9.97 Å². The molecule has 2 rings (SSSR count). The summed E-state index contributed by atoms with van der Waals surface area (Å²) in [6, 6.07) is 9.69. The topological polar surface area (TPSA) is 47.0 Å². The molecule has 1 aromatic carbocycles. The Morgan fingerprint density at radius 3 is 2.53 bits per heavy atom. The summed E-state index contributed by atoms with van der Waals surface area (Å²) < 4.78 is 5.59. The lowest BCUT2D eigenvalue weighted by Crippen LogP contribution is -2.14. The van der Waals surface area contributed by atoms with Crippen molar-refractivity contribution in [3.05, 3.63) is 54.1 Å². The molecule has 0 radical (unpaired) electrons. The van der Waals surface area contributed by atoms with Crippen molar-refractivity contribution in [3.63, 3.8) is 0 Å². The molecule has 0 aliphatic rings. The first kappa shape index (κ1) is 13.5. The van der Waals surface area contributed by atoms with Gasteiger partial charge in [0.15, 0.2) is 5.82 Å². The van der Waals surface area contributed by atoms with E-state index in [2.05, 4.69) is 22.2 Å². The second kappa shape index (κ2) is 7.48. The van der Waals surface area contributed by atoms with Gasteiger partial charge in [0.05, 0.1) is 0 Å². The predicted molar refractivity (Wildman–Crippen MR) is 74.8 cm³/mol. The van der Waals surface area contributed by atoms with Gasteiger partial charge in [0.1, 0.15) is 12.4 Å². The maximum absolute atomic E-state index is 5.59. The van der Waals surface area contributed by atoms with Crippen LogP contribution >= 0.6 is 0 Å². The number of hydrogen-bond donors (Lipinski definition) is 1. The van der Waals surface area contributed by atoms with E-state index >= 15 is 0 Å². The molecular formula is C15H19N3O. The highest BCUT2D eigenvalue weighted by molar-refractivity contribution is 5.21. The Morgan fingerprint density at radius 1 is 1.11 bits per heavy atom. The van der Waals surface area contributed by atoms with Gasteiger partial charge in [0.25, 0.3) is 0 Å². The third-order valence-corrected chi connectivity index (χ3v) is 2.63. The number of hydrogen-bond acceptors (Lipinski definition) is 4. The van der Waals surface area contributed by atoms with Gasteiger partial charge in [-0.1, -0.05) is 25.1 Å². The maximum Gasteiger partial charge on any atom is 0.166 e. The summed E-state index contributed by atoms with van der Waals surface area (Å²) in [7, 11) is 0. The summed E-state index contributed by atoms with van der Waals surface area (Å²) in [5.74, 6) is 1.53. The molecule has 0 amide bonds. The second-order valence-corrected chi connectivity index (χ2v) is 4.29. The van der Waals surface area contributed by atoms with E-state index in [4.69, 9.17) is 4.74 Å². The molecule has 0 saturated heterocycles. The molecule has 1 aromatic heterocycles. The third kappa shape index (κ3) is 4.67. The van der Waals surface area contributed by atoms with Crippen LogP contribution in [0.3, 0.4) is 0 Å². The molecule has 0 fully saturated rings.